The van der Waals surface area contributed by atoms with Gasteiger partial charge in [0.2, 0.25) is 0 Å². The Kier molecular flexibility index (Phi) is 6.40. The lowest BCUT2D eigenvalue weighted by Crippen LogP contribution is -2.17. The monoisotopic (exact) mass is 449 g/mol. The van der Waals surface area contributed by atoms with E-state index >= 15 is 0 Å². The van der Waals surface area contributed by atoms with E-state index in [4.69, 9.17) is 4.74 Å². The lowest BCUT2D eigenvalue weighted by atomic mass is 10.1. The van der Waals surface area contributed by atoms with Crippen LogP contribution in [0.15, 0.2) is 71.4 Å². The van der Waals surface area contributed by atoms with Crippen molar-refractivity contribution in [3.63, 3.8) is 0 Å². The van der Waals surface area contributed by atoms with Gasteiger partial charge in [-0.05, 0) is 42.6 Å². The van der Waals surface area contributed by atoms with Gasteiger partial charge in [0, 0.05) is 10.9 Å². The zero-order valence-corrected chi connectivity index (χ0v) is 18.3. The van der Waals surface area contributed by atoms with E-state index in [2.05, 4.69) is 15.6 Å². The first kappa shape index (κ1) is 20.8. The maximum absolute atomic E-state index is 12.9. The molecule has 0 radical (unpaired) electrons. The third-order valence-electron chi connectivity index (χ3n) is 4.35. The molecule has 0 aliphatic heterocycles. The minimum atomic E-state index is -0.346. The first-order valence-corrected chi connectivity index (χ1v) is 11.3. The number of benzene rings is 2. The molecule has 156 valence electrons. The molecule has 0 unspecified atom stereocenters. The van der Waals surface area contributed by atoms with E-state index in [0.29, 0.717) is 27.9 Å². The van der Waals surface area contributed by atoms with Crippen LogP contribution in [0.25, 0.3) is 11.3 Å². The van der Waals surface area contributed by atoms with Gasteiger partial charge in [0.15, 0.2) is 5.13 Å². The number of thiophene rings is 1. The molecule has 2 aromatic carbocycles. The molecule has 0 atom stereocenters. The summed E-state index contributed by atoms with van der Waals surface area (Å²) in [6.07, 6.45) is 0. The van der Waals surface area contributed by atoms with E-state index in [1.165, 1.54) is 22.7 Å². The first-order valence-electron chi connectivity index (χ1n) is 9.58. The molecule has 0 bridgehead atoms. The smallest absolute Gasteiger partial charge is 0.265 e. The van der Waals surface area contributed by atoms with Crippen molar-refractivity contribution in [1.82, 2.24) is 4.98 Å². The van der Waals surface area contributed by atoms with Crippen molar-refractivity contribution in [2.24, 2.45) is 0 Å². The number of para-hydroxylation sites is 2. The minimum absolute atomic E-state index is 0.251. The van der Waals surface area contributed by atoms with Crippen LogP contribution in [0.3, 0.4) is 0 Å². The fourth-order valence-electron chi connectivity index (χ4n) is 2.96. The summed E-state index contributed by atoms with van der Waals surface area (Å²) in [6.45, 7) is 2.48. The lowest BCUT2D eigenvalue weighted by molar-refractivity contribution is 0.102. The van der Waals surface area contributed by atoms with Gasteiger partial charge in [-0.1, -0.05) is 30.3 Å². The molecule has 0 aliphatic carbocycles. The summed E-state index contributed by atoms with van der Waals surface area (Å²) < 4.78 is 5.67. The average molecular weight is 450 g/mol. The van der Waals surface area contributed by atoms with Crippen LogP contribution in [-0.2, 0) is 0 Å². The molecule has 0 saturated carbocycles. The van der Waals surface area contributed by atoms with Crippen molar-refractivity contribution in [2.45, 2.75) is 6.92 Å². The maximum atomic E-state index is 12.9. The van der Waals surface area contributed by atoms with Gasteiger partial charge in [-0.2, -0.15) is 0 Å². The van der Waals surface area contributed by atoms with Crippen molar-refractivity contribution in [3.05, 3.63) is 81.9 Å². The third kappa shape index (κ3) is 4.82. The molecule has 6 nitrogen and oxygen atoms in total. The van der Waals surface area contributed by atoms with Crippen LogP contribution in [0, 0.1) is 0 Å². The van der Waals surface area contributed by atoms with Crippen molar-refractivity contribution < 1.29 is 14.3 Å². The van der Waals surface area contributed by atoms with E-state index in [1.807, 2.05) is 48.0 Å². The molecule has 2 heterocycles. The molecule has 2 N–H and O–H groups in total. The Morgan fingerprint density at radius 1 is 0.935 bits per heavy atom. The Labute approximate surface area is 187 Å². The predicted molar refractivity (Wildman–Crippen MR) is 125 cm³/mol. The zero-order valence-electron chi connectivity index (χ0n) is 16.6. The number of carbonyl (C=O) groups excluding carboxylic acids is 2. The number of ether oxygens (including phenoxy) is 1. The summed E-state index contributed by atoms with van der Waals surface area (Å²) in [6, 6.07) is 18.1. The van der Waals surface area contributed by atoms with Crippen LogP contribution in [0.2, 0.25) is 0 Å². The summed E-state index contributed by atoms with van der Waals surface area (Å²) in [5, 5.41) is 9.80. The number of amides is 2. The summed E-state index contributed by atoms with van der Waals surface area (Å²) in [5.74, 6) is 0.148. The molecule has 0 saturated heterocycles. The fourth-order valence-corrected chi connectivity index (χ4v) is 4.29. The molecule has 2 aromatic heterocycles. The predicted octanol–water partition coefficient (Wildman–Crippen LogP) is 5.77. The molecule has 8 heteroatoms. The number of thiazole rings is 1. The first-order chi connectivity index (χ1) is 15.2. The third-order valence-corrected chi connectivity index (χ3v) is 5.98. The Morgan fingerprint density at radius 3 is 2.55 bits per heavy atom. The largest absolute Gasteiger partial charge is 0.493 e. The van der Waals surface area contributed by atoms with Crippen molar-refractivity contribution in [3.8, 4) is 17.0 Å². The minimum Gasteiger partial charge on any atom is -0.493 e. The highest BCUT2D eigenvalue weighted by Gasteiger charge is 2.17. The second kappa shape index (κ2) is 9.55. The van der Waals surface area contributed by atoms with Crippen LogP contribution in [0.1, 0.15) is 27.0 Å². The van der Waals surface area contributed by atoms with Crippen LogP contribution < -0.4 is 15.4 Å². The molecule has 2 amide bonds. The topological polar surface area (TPSA) is 80.3 Å². The number of rotatable bonds is 7. The molecule has 31 heavy (non-hydrogen) atoms. The van der Waals surface area contributed by atoms with Gasteiger partial charge >= 0.3 is 0 Å². The quantitative estimate of drug-likeness (QED) is 0.375. The number of nitrogens with zero attached hydrogens (tertiary/aromatic N) is 1. The van der Waals surface area contributed by atoms with Gasteiger partial charge in [0.1, 0.15) is 5.75 Å². The van der Waals surface area contributed by atoms with Crippen LogP contribution in [0.4, 0.5) is 10.8 Å². The average Bonchev–Trinajstić information content (AvgIpc) is 3.47. The highest BCUT2D eigenvalue weighted by molar-refractivity contribution is 7.14. The summed E-state index contributed by atoms with van der Waals surface area (Å²) >= 11 is 2.67. The van der Waals surface area contributed by atoms with E-state index in [9.17, 15) is 9.59 Å². The number of aromatic nitrogens is 1. The normalized spacial score (nSPS) is 10.5. The molecular weight excluding hydrogens is 430 g/mol. The Bertz CT molecular complexity index is 1200. The van der Waals surface area contributed by atoms with Crippen LogP contribution >= 0.6 is 22.7 Å². The van der Waals surface area contributed by atoms with Gasteiger partial charge in [-0.3, -0.25) is 14.9 Å². The van der Waals surface area contributed by atoms with Crippen LogP contribution in [0.5, 0.6) is 5.75 Å². The standard InChI is InChI=1S/C23H19N3O3S2/c1-2-29-19-11-6-4-8-15(19)18-14-31-23(25-18)26-21(27)16-9-3-5-10-17(16)24-22(28)20-12-7-13-30-20/h3-14H,2H2,1H3,(H,24,28)(H,25,26,27). The SMILES string of the molecule is CCOc1ccccc1-c1csc(NC(=O)c2ccccc2NC(=O)c2cccs2)n1. The Balaban J connectivity index is 1.52. The van der Waals surface area contributed by atoms with Gasteiger partial charge in [0.05, 0.1) is 28.4 Å². The van der Waals surface area contributed by atoms with E-state index in [-0.39, 0.29) is 11.8 Å². The van der Waals surface area contributed by atoms with Crippen molar-refractivity contribution in [2.75, 3.05) is 17.2 Å². The second-order valence-corrected chi connectivity index (χ2v) is 8.20. The maximum Gasteiger partial charge on any atom is 0.265 e. The number of anilines is 2. The van der Waals surface area contributed by atoms with E-state index in [0.717, 1.165) is 17.0 Å². The van der Waals surface area contributed by atoms with Gasteiger partial charge in [-0.15, -0.1) is 22.7 Å². The van der Waals surface area contributed by atoms with E-state index < -0.39 is 0 Å². The fraction of sp³-hybridized carbons (Fsp3) is 0.0870. The number of hydrogen-bond donors (Lipinski definition) is 2. The molecule has 0 spiro atoms. The number of carbonyl (C=O) groups is 2. The second-order valence-electron chi connectivity index (χ2n) is 6.40. The molecule has 0 fully saturated rings. The van der Waals surface area contributed by atoms with E-state index in [1.54, 1.807) is 30.3 Å². The van der Waals surface area contributed by atoms with Gasteiger partial charge in [-0.25, -0.2) is 4.98 Å². The summed E-state index contributed by atoms with van der Waals surface area (Å²) in [4.78, 5) is 30.4. The molecular formula is C23H19N3O3S2. The highest BCUT2D eigenvalue weighted by Crippen LogP contribution is 2.32. The van der Waals surface area contributed by atoms with Gasteiger partial charge in [0.25, 0.3) is 11.8 Å². The highest BCUT2D eigenvalue weighted by atomic mass is 32.1. The number of hydrogen-bond acceptors (Lipinski definition) is 6. The van der Waals surface area contributed by atoms with Crippen molar-refractivity contribution in [1.29, 1.82) is 0 Å². The Morgan fingerprint density at radius 2 is 1.74 bits per heavy atom. The molecule has 0 aliphatic rings. The van der Waals surface area contributed by atoms with Gasteiger partial charge < -0.3 is 10.1 Å². The summed E-state index contributed by atoms with van der Waals surface area (Å²) in [5.41, 5.74) is 2.39. The zero-order chi connectivity index (χ0) is 21.6. The lowest BCUT2D eigenvalue weighted by Gasteiger charge is -2.10. The van der Waals surface area contributed by atoms with Crippen molar-refractivity contribution >= 4 is 45.3 Å². The summed E-state index contributed by atoms with van der Waals surface area (Å²) in [7, 11) is 0. The molecule has 4 rings (SSSR count). The Hall–Kier alpha value is -3.49. The number of nitrogens with one attached hydrogen (secondary N) is 2. The molecule has 4 aromatic rings. The van der Waals surface area contributed by atoms with Crippen LogP contribution in [-0.4, -0.2) is 23.4 Å².